The van der Waals surface area contributed by atoms with Crippen LogP contribution in [0.2, 0.25) is 0 Å². The van der Waals surface area contributed by atoms with Gasteiger partial charge in [-0.1, -0.05) is 24.3 Å². The molecule has 1 amide bonds. The van der Waals surface area contributed by atoms with Gasteiger partial charge < -0.3 is 11.1 Å². The van der Waals surface area contributed by atoms with Crippen molar-refractivity contribution in [1.29, 1.82) is 0 Å². The third kappa shape index (κ3) is 2.25. The number of amides is 1. The third-order valence-electron chi connectivity index (χ3n) is 3.19. The van der Waals surface area contributed by atoms with Gasteiger partial charge in [-0.3, -0.25) is 4.79 Å². The van der Waals surface area contributed by atoms with Gasteiger partial charge in [-0.25, -0.2) is 0 Å². The first-order valence-electron chi connectivity index (χ1n) is 5.71. The molecule has 1 aliphatic carbocycles. The van der Waals surface area contributed by atoms with Crippen molar-refractivity contribution in [3.8, 4) is 0 Å². The Morgan fingerprint density at radius 3 is 2.69 bits per heavy atom. The molecule has 3 nitrogen and oxygen atoms in total. The predicted octanol–water partition coefficient (Wildman–Crippen LogP) is 1.52. The Bertz CT molecular complexity index is 403. The molecule has 86 valence electrons. The van der Waals surface area contributed by atoms with Gasteiger partial charge in [0.2, 0.25) is 5.91 Å². The lowest BCUT2D eigenvalue weighted by Gasteiger charge is -2.16. The molecule has 0 heterocycles. The van der Waals surface area contributed by atoms with E-state index in [0.717, 1.165) is 6.42 Å². The third-order valence-corrected chi connectivity index (χ3v) is 3.19. The zero-order valence-electron chi connectivity index (χ0n) is 9.73. The summed E-state index contributed by atoms with van der Waals surface area (Å²) in [6.45, 7) is 4.06. The quantitative estimate of drug-likeness (QED) is 0.808. The van der Waals surface area contributed by atoms with Crippen molar-refractivity contribution >= 4 is 5.91 Å². The minimum Gasteiger partial charge on any atom is -0.349 e. The van der Waals surface area contributed by atoms with Crippen LogP contribution in [0.3, 0.4) is 0 Å². The van der Waals surface area contributed by atoms with Gasteiger partial charge in [0.05, 0.1) is 12.0 Å². The van der Waals surface area contributed by atoms with Crippen LogP contribution >= 0.6 is 0 Å². The number of rotatable bonds is 3. The van der Waals surface area contributed by atoms with Crippen molar-refractivity contribution in [3.63, 3.8) is 0 Å². The summed E-state index contributed by atoms with van der Waals surface area (Å²) < 4.78 is 0. The van der Waals surface area contributed by atoms with E-state index in [1.807, 2.05) is 25.1 Å². The van der Waals surface area contributed by atoms with Crippen LogP contribution in [0.1, 0.15) is 30.5 Å². The van der Waals surface area contributed by atoms with Crippen LogP contribution in [-0.2, 0) is 4.79 Å². The van der Waals surface area contributed by atoms with Crippen molar-refractivity contribution in [2.45, 2.75) is 32.4 Å². The molecule has 1 saturated carbocycles. The van der Waals surface area contributed by atoms with Crippen LogP contribution in [0.5, 0.6) is 0 Å². The lowest BCUT2D eigenvalue weighted by molar-refractivity contribution is -0.123. The highest BCUT2D eigenvalue weighted by Crippen LogP contribution is 2.29. The molecule has 1 aliphatic rings. The molecule has 3 heteroatoms. The highest BCUT2D eigenvalue weighted by atomic mass is 16.2. The highest BCUT2D eigenvalue weighted by Gasteiger charge is 2.40. The maximum absolute atomic E-state index is 11.7. The van der Waals surface area contributed by atoms with E-state index in [9.17, 15) is 4.79 Å². The van der Waals surface area contributed by atoms with Crippen LogP contribution in [0.25, 0.3) is 0 Å². The van der Waals surface area contributed by atoms with E-state index in [-0.39, 0.29) is 23.9 Å². The molecular weight excluding hydrogens is 200 g/mol. The van der Waals surface area contributed by atoms with Gasteiger partial charge in [-0.15, -0.1) is 0 Å². The van der Waals surface area contributed by atoms with Gasteiger partial charge >= 0.3 is 0 Å². The highest BCUT2D eigenvalue weighted by molar-refractivity contribution is 5.82. The minimum absolute atomic E-state index is 0.0338. The molecule has 16 heavy (non-hydrogen) atoms. The number of carbonyl (C=O) groups is 1. The standard InChI is InChI=1S/C13H18N2O/c1-8-5-3-4-6-10(8)9(2)15-13(16)11-7-12(11)14/h3-6,9,11-12H,7,14H2,1-2H3,(H,15,16). The average molecular weight is 218 g/mol. The summed E-state index contributed by atoms with van der Waals surface area (Å²) in [6.07, 6.45) is 0.826. The van der Waals surface area contributed by atoms with E-state index >= 15 is 0 Å². The predicted molar refractivity (Wildman–Crippen MR) is 63.8 cm³/mol. The van der Waals surface area contributed by atoms with Gasteiger partial charge in [0, 0.05) is 6.04 Å². The maximum Gasteiger partial charge on any atom is 0.225 e. The number of aryl methyl sites for hydroxylation is 1. The largest absolute Gasteiger partial charge is 0.349 e. The molecule has 3 unspecified atom stereocenters. The Balaban J connectivity index is 2.00. The lowest BCUT2D eigenvalue weighted by atomic mass is 10.0. The second-order valence-electron chi connectivity index (χ2n) is 4.59. The topological polar surface area (TPSA) is 55.1 Å². The number of hydrogen-bond acceptors (Lipinski definition) is 2. The number of nitrogens with two attached hydrogens (primary N) is 1. The molecule has 1 aromatic rings. The van der Waals surface area contributed by atoms with Crippen LogP contribution in [-0.4, -0.2) is 11.9 Å². The lowest BCUT2D eigenvalue weighted by Crippen LogP contribution is -2.30. The molecule has 0 aliphatic heterocycles. The van der Waals surface area contributed by atoms with Crippen LogP contribution in [0.15, 0.2) is 24.3 Å². The fraction of sp³-hybridized carbons (Fsp3) is 0.462. The van der Waals surface area contributed by atoms with Crippen LogP contribution in [0, 0.1) is 12.8 Å². The molecule has 3 N–H and O–H groups in total. The first kappa shape index (κ1) is 11.1. The Morgan fingerprint density at radius 1 is 1.50 bits per heavy atom. The fourth-order valence-corrected chi connectivity index (χ4v) is 1.99. The van der Waals surface area contributed by atoms with Gasteiger partial charge in [0.25, 0.3) is 0 Å². The Morgan fingerprint density at radius 2 is 2.12 bits per heavy atom. The molecule has 0 spiro atoms. The second-order valence-corrected chi connectivity index (χ2v) is 4.59. The van der Waals surface area contributed by atoms with Crippen molar-refractivity contribution in [2.24, 2.45) is 11.7 Å². The maximum atomic E-state index is 11.7. The molecule has 0 bridgehead atoms. The van der Waals surface area contributed by atoms with E-state index in [1.165, 1.54) is 11.1 Å². The summed E-state index contributed by atoms with van der Waals surface area (Å²) in [5, 5.41) is 3.01. The molecule has 3 atom stereocenters. The minimum atomic E-state index is 0.0338. The van der Waals surface area contributed by atoms with E-state index in [0.29, 0.717) is 0 Å². The molecule has 0 saturated heterocycles. The van der Waals surface area contributed by atoms with Crippen molar-refractivity contribution in [1.82, 2.24) is 5.32 Å². The van der Waals surface area contributed by atoms with Crippen molar-refractivity contribution in [3.05, 3.63) is 35.4 Å². The van der Waals surface area contributed by atoms with Gasteiger partial charge in [0.1, 0.15) is 0 Å². The number of nitrogens with one attached hydrogen (secondary N) is 1. The zero-order chi connectivity index (χ0) is 11.7. The molecule has 1 aromatic carbocycles. The first-order chi connectivity index (χ1) is 7.59. The average Bonchev–Trinajstić information content (AvgIpc) is 2.96. The number of benzene rings is 1. The van der Waals surface area contributed by atoms with Gasteiger partial charge in [0.15, 0.2) is 0 Å². The molecular formula is C13H18N2O. The number of hydrogen-bond donors (Lipinski definition) is 2. The van der Waals surface area contributed by atoms with E-state index in [4.69, 9.17) is 5.73 Å². The SMILES string of the molecule is Cc1ccccc1C(C)NC(=O)C1CC1N. The second kappa shape index (κ2) is 4.26. The molecule has 0 aromatic heterocycles. The van der Waals surface area contributed by atoms with Crippen molar-refractivity contribution < 1.29 is 4.79 Å². The molecule has 1 fully saturated rings. The Kier molecular flexibility index (Phi) is 2.97. The summed E-state index contributed by atoms with van der Waals surface area (Å²) in [6, 6.07) is 8.23. The van der Waals surface area contributed by atoms with Gasteiger partial charge in [-0.05, 0) is 31.4 Å². The number of carbonyl (C=O) groups excluding carboxylic acids is 1. The van der Waals surface area contributed by atoms with E-state index in [1.54, 1.807) is 0 Å². The summed E-state index contributed by atoms with van der Waals surface area (Å²) in [5.41, 5.74) is 8.03. The summed E-state index contributed by atoms with van der Waals surface area (Å²) >= 11 is 0. The molecule has 0 radical (unpaired) electrons. The van der Waals surface area contributed by atoms with Crippen molar-refractivity contribution in [2.75, 3.05) is 0 Å². The summed E-state index contributed by atoms with van der Waals surface area (Å²) in [4.78, 5) is 11.7. The molecule has 2 rings (SSSR count). The van der Waals surface area contributed by atoms with E-state index < -0.39 is 0 Å². The zero-order valence-corrected chi connectivity index (χ0v) is 9.73. The normalized spacial score (nSPS) is 24.9. The Hall–Kier alpha value is -1.35. The Labute approximate surface area is 96.0 Å². The monoisotopic (exact) mass is 218 g/mol. The summed E-state index contributed by atoms with van der Waals surface area (Å²) in [7, 11) is 0. The van der Waals surface area contributed by atoms with Gasteiger partial charge in [-0.2, -0.15) is 0 Å². The van der Waals surface area contributed by atoms with Crippen LogP contribution < -0.4 is 11.1 Å². The van der Waals surface area contributed by atoms with E-state index in [2.05, 4.69) is 18.3 Å². The fourth-order valence-electron chi connectivity index (χ4n) is 1.99. The smallest absolute Gasteiger partial charge is 0.225 e. The van der Waals surface area contributed by atoms with Crippen LogP contribution in [0.4, 0.5) is 0 Å². The summed E-state index contributed by atoms with van der Waals surface area (Å²) in [5.74, 6) is 0.120. The first-order valence-corrected chi connectivity index (χ1v) is 5.71.